The van der Waals surface area contributed by atoms with Crippen LogP contribution in [0.3, 0.4) is 0 Å². The molecule has 7 nitrogen and oxygen atoms in total. The lowest BCUT2D eigenvalue weighted by molar-refractivity contribution is -0.143. The average molecular weight is 375 g/mol. The summed E-state index contributed by atoms with van der Waals surface area (Å²) >= 11 is 0. The molecule has 7 heteroatoms. The van der Waals surface area contributed by atoms with Crippen LogP contribution in [0.2, 0.25) is 0 Å². The molecule has 0 unspecified atom stereocenters. The van der Waals surface area contributed by atoms with Gasteiger partial charge in [-0.15, -0.1) is 0 Å². The van der Waals surface area contributed by atoms with Crippen molar-refractivity contribution in [1.82, 2.24) is 9.80 Å². The van der Waals surface area contributed by atoms with Crippen LogP contribution in [0.5, 0.6) is 0 Å². The highest BCUT2D eigenvalue weighted by Crippen LogP contribution is 2.25. The Balaban J connectivity index is 1.65. The molecule has 2 N–H and O–H groups in total. The third-order valence-corrected chi connectivity index (χ3v) is 5.27. The molecule has 0 aromatic heterocycles. The zero-order chi connectivity index (χ0) is 19.1. The van der Waals surface area contributed by atoms with E-state index in [1.54, 1.807) is 17.0 Å². The van der Waals surface area contributed by atoms with Crippen molar-refractivity contribution in [2.75, 3.05) is 44.7 Å². The number of amides is 2. The summed E-state index contributed by atoms with van der Waals surface area (Å²) in [6.07, 6.45) is 5.64. The number of carboxylic acid groups (broad SMARTS) is 1. The largest absolute Gasteiger partial charge is 0.480 e. The van der Waals surface area contributed by atoms with Crippen molar-refractivity contribution in [3.05, 3.63) is 29.8 Å². The lowest BCUT2D eigenvalue weighted by Crippen LogP contribution is -2.43. The molecule has 0 spiro atoms. The van der Waals surface area contributed by atoms with Gasteiger partial charge in [0.05, 0.1) is 13.2 Å². The van der Waals surface area contributed by atoms with Crippen molar-refractivity contribution < 1.29 is 19.4 Å². The summed E-state index contributed by atoms with van der Waals surface area (Å²) in [5, 5.41) is 12.7. The molecule has 1 aromatic rings. The standard InChI is InChI=1S/C20H29N3O4/c24-19(25)18(22-10-4-2-1-3-5-11-22)16-6-8-17(9-7-16)21-20(26)23-12-14-27-15-13-23/h6-9,18H,1-5,10-15H2,(H,21,26)(H,24,25)/t18-/m0/s1. The molecule has 2 heterocycles. The topological polar surface area (TPSA) is 82.1 Å². The van der Waals surface area contributed by atoms with Crippen molar-refractivity contribution in [1.29, 1.82) is 0 Å². The van der Waals surface area contributed by atoms with Crippen LogP contribution in [-0.4, -0.2) is 66.3 Å². The van der Waals surface area contributed by atoms with Crippen LogP contribution < -0.4 is 5.32 Å². The van der Waals surface area contributed by atoms with E-state index in [0.29, 0.717) is 32.0 Å². The second-order valence-electron chi connectivity index (χ2n) is 7.20. The molecule has 148 valence electrons. The number of morpholine rings is 1. The van der Waals surface area contributed by atoms with Crippen LogP contribution in [0.1, 0.15) is 43.7 Å². The van der Waals surface area contributed by atoms with Crippen LogP contribution in [-0.2, 0) is 9.53 Å². The maximum Gasteiger partial charge on any atom is 0.325 e. The molecule has 0 radical (unpaired) electrons. The molecule has 3 rings (SSSR count). The number of nitrogens with zero attached hydrogens (tertiary/aromatic N) is 2. The number of rotatable bonds is 4. The first-order chi connectivity index (χ1) is 13.1. The van der Waals surface area contributed by atoms with Crippen molar-refractivity contribution in [3.63, 3.8) is 0 Å². The number of carboxylic acids is 1. The number of nitrogens with one attached hydrogen (secondary N) is 1. The van der Waals surface area contributed by atoms with Gasteiger partial charge in [-0.1, -0.05) is 31.4 Å². The maximum absolute atomic E-state index is 12.3. The van der Waals surface area contributed by atoms with E-state index >= 15 is 0 Å². The fourth-order valence-electron chi connectivity index (χ4n) is 3.76. The van der Waals surface area contributed by atoms with E-state index in [2.05, 4.69) is 10.2 Å². The first-order valence-corrected chi connectivity index (χ1v) is 9.85. The monoisotopic (exact) mass is 375 g/mol. The van der Waals surface area contributed by atoms with Gasteiger partial charge in [0.15, 0.2) is 0 Å². The first-order valence-electron chi connectivity index (χ1n) is 9.85. The van der Waals surface area contributed by atoms with Crippen LogP contribution in [0, 0.1) is 0 Å². The zero-order valence-corrected chi connectivity index (χ0v) is 15.7. The lowest BCUT2D eigenvalue weighted by Gasteiger charge is -2.30. The highest BCUT2D eigenvalue weighted by molar-refractivity contribution is 5.89. The van der Waals surface area contributed by atoms with E-state index in [1.807, 2.05) is 12.1 Å². The fraction of sp³-hybridized carbons (Fsp3) is 0.600. The Morgan fingerprint density at radius 3 is 2.11 bits per heavy atom. The average Bonchev–Trinajstić information content (AvgIpc) is 2.65. The summed E-state index contributed by atoms with van der Waals surface area (Å²) in [5.41, 5.74) is 1.43. The second-order valence-corrected chi connectivity index (χ2v) is 7.20. The quantitative estimate of drug-likeness (QED) is 0.846. The minimum atomic E-state index is -0.819. The van der Waals surface area contributed by atoms with Crippen molar-refractivity contribution in [3.8, 4) is 0 Å². The van der Waals surface area contributed by atoms with E-state index in [-0.39, 0.29) is 6.03 Å². The second kappa shape index (κ2) is 9.71. The van der Waals surface area contributed by atoms with E-state index in [4.69, 9.17) is 4.74 Å². The summed E-state index contributed by atoms with van der Waals surface area (Å²) in [4.78, 5) is 28.0. The van der Waals surface area contributed by atoms with Gasteiger partial charge in [-0.05, 0) is 43.6 Å². The number of aliphatic carboxylic acids is 1. The van der Waals surface area contributed by atoms with Gasteiger partial charge < -0.3 is 20.1 Å². The predicted molar refractivity (Wildman–Crippen MR) is 103 cm³/mol. The van der Waals surface area contributed by atoms with Crippen molar-refractivity contribution >= 4 is 17.7 Å². The Kier molecular flexibility index (Phi) is 7.06. The van der Waals surface area contributed by atoms with Crippen molar-refractivity contribution in [2.45, 2.75) is 38.1 Å². The Bertz CT molecular complexity index is 621. The number of carbonyl (C=O) groups is 2. The highest BCUT2D eigenvalue weighted by atomic mass is 16.5. The molecule has 0 bridgehead atoms. The Morgan fingerprint density at radius 1 is 0.926 bits per heavy atom. The highest BCUT2D eigenvalue weighted by Gasteiger charge is 2.27. The number of hydrogen-bond acceptors (Lipinski definition) is 4. The van der Waals surface area contributed by atoms with E-state index in [1.165, 1.54) is 6.42 Å². The number of anilines is 1. The Hall–Kier alpha value is -2.12. The maximum atomic E-state index is 12.3. The lowest BCUT2D eigenvalue weighted by atomic mass is 10.0. The molecule has 2 aliphatic heterocycles. The van der Waals surface area contributed by atoms with Gasteiger partial charge in [0.1, 0.15) is 6.04 Å². The van der Waals surface area contributed by atoms with Gasteiger partial charge in [-0.2, -0.15) is 0 Å². The van der Waals surface area contributed by atoms with Crippen molar-refractivity contribution in [2.24, 2.45) is 0 Å². The van der Waals surface area contributed by atoms with Gasteiger partial charge in [-0.3, -0.25) is 9.69 Å². The summed E-state index contributed by atoms with van der Waals surface area (Å²) < 4.78 is 5.26. The van der Waals surface area contributed by atoms with E-state index in [0.717, 1.165) is 44.3 Å². The zero-order valence-electron chi connectivity index (χ0n) is 15.7. The minimum Gasteiger partial charge on any atom is -0.480 e. The normalized spacial score (nSPS) is 20.4. The molecule has 1 atom stereocenters. The third-order valence-electron chi connectivity index (χ3n) is 5.27. The number of carbonyl (C=O) groups excluding carboxylic acids is 1. The van der Waals surface area contributed by atoms with Gasteiger partial charge in [-0.25, -0.2) is 4.79 Å². The Morgan fingerprint density at radius 2 is 1.52 bits per heavy atom. The van der Waals surface area contributed by atoms with Crippen LogP contribution in [0.15, 0.2) is 24.3 Å². The number of hydrogen-bond donors (Lipinski definition) is 2. The third kappa shape index (κ3) is 5.43. The van der Waals surface area contributed by atoms with Crippen LogP contribution >= 0.6 is 0 Å². The number of likely N-dealkylation sites (tertiary alicyclic amines) is 1. The molecule has 2 fully saturated rings. The van der Waals surface area contributed by atoms with Gasteiger partial charge in [0.2, 0.25) is 0 Å². The number of ether oxygens (including phenoxy) is 1. The molecule has 2 saturated heterocycles. The molecular formula is C20H29N3O4. The number of urea groups is 1. The molecule has 2 aliphatic rings. The van der Waals surface area contributed by atoms with E-state index in [9.17, 15) is 14.7 Å². The molecule has 1 aromatic carbocycles. The summed E-state index contributed by atoms with van der Waals surface area (Å²) in [5.74, 6) is -0.819. The fourth-order valence-corrected chi connectivity index (χ4v) is 3.76. The molecule has 0 saturated carbocycles. The predicted octanol–water partition coefficient (Wildman–Crippen LogP) is 2.94. The molecule has 2 amide bonds. The number of benzene rings is 1. The van der Waals surface area contributed by atoms with E-state index < -0.39 is 12.0 Å². The Labute approximate surface area is 160 Å². The summed E-state index contributed by atoms with van der Waals surface area (Å²) in [6, 6.07) is 6.41. The van der Waals surface area contributed by atoms with Gasteiger partial charge in [0, 0.05) is 18.8 Å². The van der Waals surface area contributed by atoms with Gasteiger partial charge in [0.25, 0.3) is 0 Å². The molecule has 0 aliphatic carbocycles. The smallest absolute Gasteiger partial charge is 0.325 e. The van der Waals surface area contributed by atoms with Crippen LogP contribution in [0.4, 0.5) is 10.5 Å². The minimum absolute atomic E-state index is 0.149. The first kappa shape index (κ1) is 19.6. The molecular weight excluding hydrogens is 346 g/mol. The van der Waals surface area contributed by atoms with Crippen LogP contribution in [0.25, 0.3) is 0 Å². The summed E-state index contributed by atoms with van der Waals surface area (Å²) in [6.45, 7) is 3.91. The summed E-state index contributed by atoms with van der Waals surface area (Å²) in [7, 11) is 0. The SMILES string of the molecule is O=C(O)[C@H](c1ccc(NC(=O)N2CCOCC2)cc1)N1CCCCCCC1. The molecule has 27 heavy (non-hydrogen) atoms. The van der Waals surface area contributed by atoms with Gasteiger partial charge >= 0.3 is 12.0 Å².